The molecular formula is C15H17N3O3S. The number of carbonyl (C=O) groups is 2. The first kappa shape index (κ1) is 17.6. The summed E-state index contributed by atoms with van der Waals surface area (Å²) in [5, 5.41) is 14.3. The first-order chi connectivity index (χ1) is 10.6. The van der Waals surface area contributed by atoms with Gasteiger partial charge in [-0.2, -0.15) is 5.26 Å². The molecule has 2 N–H and O–H groups in total. The van der Waals surface area contributed by atoms with Crippen LogP contribution in [-0.2, 0) is 14.3 Å². The molecule has 1 rings (SSSR count). The predicted molar refractivity (Wildman–Crippen MR) is 86.0 cm³/mol. The van der Waals surface area contributed by atoms with Crippen molar-refractivity contribution in [3.05, 3.63) is 29.8 Å². The second-order valence-corrected chi connectivity index (χ2v) is 4.79. The second-order valence-electron chi connectivity index (χ2n) is 4.38. The van der Waals surface area contributed by atoms with Crippen LogP contribution in [0.2, 0.25) is 0 Å². The molecule has 0 aliphatic rings. The third kappa shape index (κ3) is 6.33. The van der Waals surface area contributed by atoms with Gasteiger partial charge in [0.25, 0.3) is 0 Å². The van der Waals surface area contributed by atoms with Gasteiger partial charge in [-0.15, -0.1) is 0 Å². The molecule has 0 radical (unpaired) electrons. The zero-order valence-corrected chi connectivity index (χ0v) is 13.0. The summed E-state index contributed by atoms with van der Waals surface area (Å²) in [6.45, 7) is 2.24. The Balaban J connectivity index is 2.40. The van der Waals surface area contributed by atoms with Gasteiger partial charge in [0.1, 0.15) is 6.07 Å². The van der Waals surface area contributed by atoms with E-state index in [-0.39, 0.29) is 23.9 Å². The Morgan fingerprint density at radius 1 is 1.32 bits per heavy atom. The van der Waals surface area contributed by atoms with E-state index in [0.29, 0.717) is 17.9 Å². The molecule has 0 bridgehead atoms. The summed E-state index contributed by atoms with van der Waals surface area (Å²) in [7, 11) is 0. The van der Waals surface area contributed by atoms with Gasteiger partial charge in [-0.3, -0.25) is 9.59 Å². The van der Waals surface area contributed by atoms with Crippen molar-refractivity contribution in [2.45, 2.75) is 26.2 Å². The molecule has 0 aliphatic heterocycles. The third-order valence-corrected chi connectivity index (χ3v) is 2.78. The van der Waals surface area contributed by atoms with Crippen LogP contribution in [-0.4, -0.2) is 23.6 Å². The minimum absolute atomic E-state index is 0.00320. The summed E-state index contributed by atoms with van der Waals surface area (Å²) < 4.78 is 4.87. The highest BCUT2D eigenvalue weighted by molar-refractivity contribution is 7.80. The standard InChI is InChI=1S/C15H17N3O3S/c1-2-9-21-14(20)8-7-13(19)18-15(22)17-12-6-4-3-5-11(12)10-16/h3-6H,2,7-9H2,1H3,(H2,17,18,19,22). The molecule has 0 saturated heterocycles. The van der Waals surface area contributed by atoms with E-state index in [1.165, 1.54) is 0 Å². The molecule has 0 fully saturated rings. The molecule has 116 valence electrons. The molecule has 1 amide bonds. The summed E-state index contributed by atoms with van der Waals surface area (Å²) >= 11 is 5.00. The van der Waals surface area contributed by atoms with Crippen molar-refractivity contribution in [3.8, 4) is 6.07 Å². The maximum Gasteiger partial charge on any atom is 0.306 e. The number of nitrogens with zero attached hydrogens (tertiary/aromatic N) is 1. The Kier molecular flexibility index (Phi) is 7.57. The number of carbonyl (C=O) groups excluding carboxylic acids is 2. The molecule has 1 aromatic rings. The van der Waals surface area contributed by atoms with Crippen molar-refractivity contribution in [1.29, 1.82) is 5.26 Å². The lowest BCUT2D eigenvalue weighted by atomic mass is 10.2. The van der Waals surface area contributed by atoms with E-state index in [9.17, 15) is 9.59 Å². The molecule has 0 atom stereocenters. The van der Waals surface area contributed by atoms with Gasteiger partial charge in [-0.25, -0.2) is 0 Å². The fourth-order valence-corrected chi connectivity index (χ4v) is 1.76. The normalized spacial score (nSPS) is 9.45. The van der Waals surface area contributed by atoms with Crippen LogP contribution in [0.5, 0.6) is 0 Å². The third-order valence-electron chi connectivity index (χ3n) is 2.57. The molecule has 0 saturated carbocycles. The Morgan fingerprint density at radius 3 is 2.73 bits per heavy atom. The molecule has 0 aromatic heterocycles. The molecule has 1 aromatic carbocycles. The first-order valence-corrected chi connectivity index (χ1v) is 7.23. The smallest absolute Gasteiger partial charge is 0.306 e. The maximum atomic E-state index is 11.7. The Morgan fingerprint density at radius 2 is 2.05 bits per heavy atom. The van der Waals surface area contributed by atoms with Crippen molar-refractivity contribution in [2.24, 2.45) is 0 Å². The van der Waals surface area contributed by atoms with Gasteiger partial charge in [0.2, 0.25) is 5.91 Å². The molecule has 7 heteroatoms. The van der Waals surface area contributed by atoms with Crippen LogP contribution in [0.25, 0.3) is 0 Å². The average molecular weight is 319 g/mol. The van der Waals surface area contributed by atoms with E-state index >= 15 is 0 Å². The van der Waals surface area contributed by atoms with E-state index < -0.39 is 5.97 Å². The second kappa shape index (κ2) is 9.47. The molecule has 0 spiro atoms. The van der Waals surface area contributed by atoms with Gasteiger partial charge in [0.05, 0.1) is 24.3 Å². The molecule has 0 aliphatic carbocycles. The molecular weight excluding hydrogens is 302 g/mol. The Bertz CT molecular complexity index is 596. The van der Waals surface area contributed by atoms with E-state index in [0.717, 1.165) is 6.42 Å². The van der Waals surface area contributed by atoms with Crippen molar-refractivity contribution in [1.82, 2.24) is 5.32 Å². The summed E-state index contributed by atoms with van der Waals surface area (Å²) in [5.74, 6) is -0.800. The van der Waals surface area contributed by atoms with Crippen LogP contribution in [0.1, 0.15) is 31.7 Å². The number of thiocarbonyl (C=S) groups is 1. The SMILES string of the molecule is CCCOC(=O)CCC(=O)NC(=S)Nc1ccccc1C#N. The number of benzene rings is 1. The number of hydrogen-bond acceptors (Lipinski definition) is 5. The van der Waals surface area contributed by atoms with Gasteiger partial charge >= 0.3 is 5.97 Å². The van der Waals surface area contributed by atoms with Crippen molar-refractivity contribution in [3.63, 3.8) is 0 Å². The molecule has 6 nitrogen and oxygen atoms in total. The fraction of sp³-hybridized carbons (Fsp3) is 0.333. The number of nitriles is 1. The highest BCUT2D eigenvalue weighted by Gasteiger charge is 2.10. The molecule has 0 heterocycles. The van der Waals surface area contributed by atoms with Gasteiger partial charge in [-0.1, -0.05) is 19.1 Å². The first-order valence-electron chi connectivity index (χ1n) is 6.82. The average Bonchev–Trinajstić information content (AvgIpc) is 2.51. The highest BCUT2D eigenvalue weighted by atomic mass is 32.1. The number of anilines is 1. The largest absolute Gasteiger partial charge is 0.466 e. The maximum absolute atomic E-state index is 11.7. The number of ether oxygens (including phenoxy) is 1. The summed E-state index contributed by atoms with van der Waals surface area (Å²) in [4.78, 5) is 22.9. The van der Waals surface area contributed by atoms with E-state index in [2.05, 4.69) is 10.6 Å². The number of rotatable bonds is 6. The van der Waals surface area contributed by atoms with Crippen LogP contribution in [0, 0.1) is 11.3 Å². The lowest BCUT2D eigenvalue weighted by molar-refractivity contribution is -0.144. The van der Waals surface area contributed by atoms with E-state index in [4.69, 9.17) is 22.2 Å². The van der Waals surface area contributed by atoms with Gasteiger partial charge in [0.15, 0.2) is 5.11 Å². The summed E-state index contributed by atoms with van der Waals surface area (Å²) in [6, 6.07) is 8.81. The fourth-order valence-electron chi connectivity index (χ4n) is 1.54. The lowest BCUT2D eigenvalue weighted by Gasteiger charge is -2.10. The topological polar surface area (TPSA) is 91.2 Å². The predicted octanol–water partition coefficient (Wildman–Crippen LogP) is 2.10. The van der Waals surface area contributed by atoms with Crippen LogP contribution in [0.15, 0.2) is 24.3 Å². The quantitative estimate of drug-likeness (QED) is 0.616. The van der Waals surface area contributed by atoms with Gasteiger partial charge in [-0.05, 0) is 30.8 Å². The molecule has 0 unspecified atom stereocenters. The van der Waals surface area contributed by atoms with Gasteiger partial charge in [0, 0.05) is 6.42 Å². The lowest BCUT2D eigenvalue weighted by Crippen LogP contribution is -2.34. The molecule has 22 heavy (non-hydrogen) atoms. The summed E-state index contributed by atoms with van der Waals surface area (Å²) in [5.41, 5.74) is 0.930. The minimum Gasteiger partial charge on any atom is -0.466 e. The van der Waals surface area contributed by atoms with E-state index in [1.807, 2.05) is 13.0 Å². The number of esters is 1. The summed E-state index contributed by atoms with van der Waals surface area (Å²) in [6.07, 6.45) is 0.734. The van der Waals surface area contributed by atoms with Gasteiger partial charge < -0.3 is 15.4 Å². The number of para-hydroxylation sites is 1. The van der Waals surface area contributed by atoms with Crippen LogP contribution in [0.4, 0.5) is 5.69 Å². The van der Waals surface area contributed by atoms with Crippen LogP contribution < -0.4 is 10.6 Å². The number of nitrogens with one attached hydrogen (secondary N) is 2. The Labute approximate surface area is 134 Å². The monoisotopic (exact) mass is 319 g/mol. The van der Waals surface area contributed by atoms with E-state index in [1.54, 1.807) is 24.3 Å². The van der Waals surface area contributed by atoms with Crippen molar-refractivity contribution >= 4 is 34.9 Å². The van der Waals surface area contributed by atoms with Crippen molar-refractivity contribution < 1.29 is 14.3 Å². The Hall–Kier alpha value is -2.46. The van der Waals surface area contributed by atoms with Crippen LogP contribution in [0.3, 0.4) is 0 Å². The number of hydrogen-bond donors (Lipinski definition) is 2. The van der Waals surface area contributed by atoms with Crippen molar-refractivity contribution in [2.75, 3.05) is 11.9 Å². The zero-order chi connectivity index (χ0) is 16.4. The zero-order valence-electron chi connectivity index (χ0n) is 12.2. The minimum atomic E-state index is -0.411. The number of amides is 1. The van der Waals surface area contributed by atoms with Crippen LogP contribution >= 0.6 is 12.2 Å². The highest BCUT2D eigenvalue weighted by Crippen LogP contribution is 2.13.